The number of para-hydroxylation sites is 3. The van der Waals surface area contributed by atoms with Crippen molar-refractivity contribution in [1.29, 1.82) is 0 Å². The summed E-state index contributed by atoms with van der Waals surface area (Å²) >= 11 is 13.7. The Kier molecular flexibility index (Phi) is 22.4. The van der Waals surface area contributed by atoms with Crippen molar-refractivity contribution in [1.82, 2.24) is 4.98 Å². The average Bonchev–Trinajstić information content (AvgIpc) is 4.37. The van der Waals surface area contributed by atoms with Gasteiger partial charge in [-0.2, -0.15) is 0 Å². The first-order valence-electron chi connectivity index (χ1n) is 23.0. The number of pyridine rings is 1. The van der Waals surface area contributed by atoms with Gasteiger partial charge in [0.25, 0.3) is 23.4 Å². The minimum atomic E-state index is -1.41. The summed E-state index contributed by atoms with van der Waals surface area (Å²) < 4.78 is 20.2. The summed E-state index contributed by atoms with van der Waals surface area (Å²) in [7, 11) is -1.41. The number of esters is 1. The second-order valence-corrected chi connectivity index (χ2v) is 18.7. The zero-order chi connectivity index (χ0) is 56.0. The molecule has 4 aromatic heterocycles. The van der Waals surface area contributed by atoms with Crippen LogP contribution in [0.15, 0.2) is 172 Å². The molecule has 0 saturated carbocycles. The molecule has 0 fully saturated rings. The highest BCUT2D eigenvalue weighted by atomic mass is 127. The number of aromatic carboxylic acids is 1. The molecule has 5 aromatic carbocycles. The van der Waals surface area contributed by atoms with E-state index in [1.165, 1.54) is 25.5 Å². The number of nitrogens with zero attached hydrogens (tertiary/aromatic N) is 1. The number of rotatable bonds is 10. The maximum absolute atomic E-state index is 11.9. The maximum atomic E-state index is 11.9. The molecule has 0 spiro atoms. The van der Waals surface area contributed by atoms with Crippen LogP contribution in [0.4, 0.5) is 11.4 Å². The number of furan rings is 3. The van der Waals surface area contributed by atoms with Crippen molar-refractivity contribution in [2.75, 3.05) is 17.2 Å². The van der Waals surface area contributed by atoms with E-state index < -0.39 is 42.4 Å². The number of carboxylic acid groups (broad SMARTS) is 1. The van der Waals surface area contributed by atoms with E-state index in [-0.39, 0.29) is 57.1 Å². The molecule has 6 heterocycles. The van der Waals surface area contributed by atoms with Gasteiger partial charge in [-0.05, 0) is 94.4 Å². The van der Waals surface area contributed by atoms with Crippen LogP contribution in [0.2, 0.25) is 10.0 Å². The Labute approximate surface area is 481 Å². The first kappa shape index (κ1) is 62.2. The highest BCUT2D eigenvalue weighted by molar-refractivity contribution is 14.1. The molecule has 0 radical (unpaired) electrons. The summed E-state index contributed by atoms with van der Waals surface area (Å²) in [5.41, 5.74) is 8.00. The number of aromatic nitrogens is 1. The van der Waals surface area contributed by atoms with E-state index in [2.05, 4.69) is 47.4 Å². The molecular weight excluding hydrogens is 1190 g/mol. The maximum Gasteiger partial charge on any atom is 0.491 e. The molecule has 80 heavy (non-hydrogen) atoms. The van der Waals surface area contributed by atoms with Gasteiger partial charge in [0, 0.05) is 66.5 Å². The molecule has 0 unspecified atom stereocenters. The zero-order valence-electron chi connectivity index (χ0n) is 40.6. The Bertz CT molecular complexity index is 3650. The van der Waals surface area contributed by atoms with Gasteiger partial charge in [-0.3, -0.25) is 28.8 Å². The number of anilines is 2. The van der Waals surface area contributed by atoms with Crippen LogP contribution >= 0.6 is 45.8 Å². The lowest BCUT2D eigenvalue weighted by molar-refractivity contribution is -0.145. The second kappa shape index (κ2) is 28.8. The number of hydrogen-bond acceptors (Lipinski definition) is 15. The van der Waals surface area contributed by atoms with Gasteiger partial charge in [0.15, 0.2) is 11.5 Å². The molecular formula is C58H49BCl2IN3O15. The molecule has 0 saturated heterocycles. The number of carbonyl (C=O) groups is 7. The summed E-state index contributed by atoms with van der Waals surface area (Å²) in [5, 5.41) is 43.8. The Balaban J connectivity index is 0.000000193. The number of Topliss-reactive ketones (excluding diaryl/α,β-unsaturated/α-hetero) is 3. The molecule has 2 aliphatic heterocycles. The molecule has 0 bridgehead atoms. The molecule has 18 nitrogen and oxygen atoms in total. The number of ether oxygens (including phenoxy) is 1. The number of halogens is 3. The monoisotopic (exact) mass is 1240 g/mol. The summed E-state index contributed by atoms with van der Waals surface area (Å²) in [6.45, 7) is 1.10. The smallest absolute Gasteiger partial charge is 0.491 e. The van der Waals surface area contributed by atoms with Gasteiger partial charge in [-0.15, -0.1) is 0 Å². The van der Waals surface area contributed by atoms with Gasteiger partial charge in [-0.1, -0.05) is 98.7 Å². The van der Waals surface area contributed by atoms with E-state index >= 15 is 0 Å². The van der Waals surface area contributed by atoms with Gasteiger partial charge >= 0.3 is 19.1 Å². The molecule has 0 aliphatic carbocycles. The van der Waals surface area contributed by atoms with Crippen LogP contribution < -0.4 is 16.1 Å². The van der Waals surface area contributed by atoms with E-state index in [9.17, 15) is 43.8 Å². The fourth-order valence-electron chi connectivity index (χ4n) is 7.56. The second-order valence-electron chi connectivity index (χ2n) is 16.6. The van der Waals surface area contributed by atoms with E-state index in [1.807, 2.05) is 30.3 Å². The third kappa shape index (κ3) is 15.8. The normalized spacial score (nSPS) is 11.4. The minimum absolute atomic E-state index is 0. The lowest BCUT2D eigenvalue weighted by Gasteiger charge is -2.13. The molecule has 2 aliphatic rings. The molecule has 22 heteroatoms. The van der Waals surface area contributed by atoms with Crippen molar-refractivity contribution in [2.45, 2.75) is 34.6 Å². The lowest BCUT2D eigenvalue weighted by Crippen LogP contribution is -2.27. The Hall–Kier alpha value is -8.67. The van der Waals surface area contributed by atoms with Crippen LogP contribution in [-0.2, 0) is 36.8 Å². The number of amides is 2. The van der Waals surface area contributed by atoms with Crippen molar-refractivity contribution in [2.24, 2.45) is 0 Å². The van der Waals surface area contributed by atoms with Crippen LogP contribution in [0.3, 0.4) is 0 Å². The van der Waals surface area contributed by atoms with Crippen molar-refractivity contribution in [3.63, 3.8) is 0 Å². The zero-order valence-corrected chi connectivity index (χ0v) is 44.2. The predicted octanol–water partition coefficient (Wildman–Crippen LogP) is 10.9. The quantitative estimate of drug-likeness (QED) is 0.0321. The van der Waals surface area contributed by atoms with E-state index in [1.54, 1.807) is 110 Å². The SMILES string of the molecule is C.C.CC(=O)OCC(=O)Cc1ccc(Cl)cc1.O=C(O)c1c(O)c(Cc2ccc(Cl)cc2)nc2c(-c3ccoc3)cccc12.O=C1Nc2c(I)cccc2C1=O.O=C1Nc2c(cccc2-c2ccoc2)C1=O.OB(O)c1ccoc1. The summed E-state index contributed by atoms with van der Waals surface area (Å²) in [6, 6.07) is 34.8. The van der Waals surface area contributed by atoms with Crippen LogP contribution in [-0.4, -0.2) is 80.1 Å². The van der Waals surface area contributed by atoms with Gasteiger partial charge in [0.05, 0.1) is 71.3 Å². The van der Waals surface area contributed by atoms with Crippen molar-refractivity contribution in [3.8, 4) is 28.0 Å². The van der Waals surface area contributed by atoms with E-state index in [0.717, 1.165) is 37.0 Å². The van der Waals surface area contributed by atoms with Gasteiger partial charge in [0.1, 0.15) is 12.2 Å². The fraction of sp³-hybridized carbons (Fsp3) is 0.103. The molecule has 0 atom stereocenters. The standard InChI is InChI=1S/C21H14ClNO4.C12H7NO3.C11H11ClO3.C8H4INO2.C4H5BO3.2CH4/c22-14-6-4-12(5-7-14)10-17-20(24)18(21(25)26)16-3-1-2-15(19(16)23-17)13-8-9-27-11-13;14-11-9-3-1-2-8(7-4-5-16-6-7)10(9)13-12(11)15;1-8(13)15-7-11(14)6-9-2-4-10(12)5-3-9;9-5-3-1-2-4-6(5)10-8(12)7(4)11;6-5(7)4-1-2-8-3-4;;/h1-9,11,24H,10H2,(H,25,26);1-6H,(H,13,14,15);2-5H,6-7H2,1H3;1-3H,(H,10,11,12);1-3,6-7H;2*1H4. The number of carboxylic acids is 1. The number of aromatic hydroxyl groups is 1. The molecule has 11 rings (SSSR count). The van der Waals surface area contributed by atoms with E-state index in [0.29, 0.717) is 48.9 Å². The Morgan fingerprint density at radius 1 is 0.650 bits per heavy atom. The summed E-state index contributed by atoms with van der Waals surface area (Å²) in [6.07, 6.45) is 9.44. The van der Waals surface area contributed by atoms with Crippen molar-refractivity contribution < 1.29 is 71.8 Å². The largest absolute Gasteiger partial charge is 0.505 e. The number of hydrogen-bond donors (Lipinski definition) is 6. The minimum Gasteiger partial charge on any atom is -0.505 e. The van der Waals surface area contributed by atoms with Gasteiger partial charge in [-0.25, -0.2) is 9.78 Å². The Morgan fingerprint density at radius 2 is 1.15 bits per heavy atom. The topological polar surface area (TPSA) is 286 Å². The molecule has 6 N–H and O–H groups in total. The van der Waals surface area contributed by atoms with Gasteiger partial charge < -0.3 is 48.9 Å². The number of benzene rings is 5. The number of nitrogens with one attached hydrogen (secondary N) is 2. The lowest BCUT2D eigenvalue weighted by atomic mass is 9.83. The first-order valence-corrected chi connectivity index (χ1v) is 24.8. The van der Waals surface area contributed by atoms with Gasteiger partial charge in [0.2, 0.25) is 0 Å². The highest BCUT2D eigenvalue weighted by Gasteiger charge is 2.31. The van der Waals surface area contributed by atoms with Crippen molar-refractivity contribution >= 4 is 122 Å². The fourth-order valence-corrected chi connectivity index (χ4v) is 8.44. The highest BCUT2D eigenvalue weighted by Crippen LogP contribution is 2.37. The van der Waals surface area contributed by atoms with Crippen LogP contribution in [0, 0.1) is 3.57 Å². The van der Waals surface area contributed by atoms with Crippen molar-refractivity contribution in [3.05, 3.63) is 206 Å². The third-order valence-electron chi connectivity index (χ3n) is 11.3. The van der Waals surface area contributed by atoms with Crippen LogP contribution in [0.25, 0.3) is 33.2 Å². The molecule has 410 valence electrons. The number of ketones is 3. The Morgan fingerprint density at radius 3 is 1.66 bits per heavy atom. The third-order valence-corrected chi connectivity index (χ3v) is 12.7. The molecule has 9 aromatic rings. The first-order chi connectivity index (χ1) is 37.4. The predicted molar refractivity (Wildman–Crippen MR) is 310 cm³/mol. The number of carbonyl (C=O) groups excluding carboxylic acids is 6. The summed E-state index contributed by atoms with van der Waals surface area (Å²) in [4.78, 5) is 83.0. The number of fused-ring (bicyclic) bond motifs is 3. The van der Waals surface area contributed by atoms with Crippen LogP contribution in [0.1, 0.15) is 69.7 Å². The average molecular weight is 1240 g/mol. The summed E-state index contributed by atoms with van der Waals surface area (Å²) in [5.74, 6) is -4.15. The van der Waals surface area contributed by atoms with E-state index in [4.69, 9.17) is 42.1 Å². The van der Waals surface area contributed by atoms with Crippen LogP contribution in [0.5, 0.6) is 5.75 Å². The molecule has 2 amide bonds.